The average Bonchev–Trinajstić information content (AvgIpc) is 2.41. The maximum absolute atomic E-state index is 13.1. The zero-order chi connectivity index (χ0) is 14.5. The summed E-state index contributed by atoms with van der Waals surface area (Å²) in [7, 11) is 0. The van der Waals surface area contributed by atoms with E-state index < -0.39 is 0 Å². The highest BCUT2D eigenvalue weighted by atomic mass is 19.1. The summed E-state index contributed by atoms with van der Waals surface area (Å²) in [4.78, 5) is 2.31. The Morgan fingerprint density at radius 3 is 2.55 bits per heavy atom. The first-order valence-electron chi connectivity index (χ1n) is 6.90. The molecule has 0 aromatic heterocycles. The van der Waals surface area contributed by atoms with Crippen LogP contribution in [0.2, 0.25) is 0 Å². The lowest BCUT2D eigenvalue weighted by atomic mass is 10.1. The maximum atomic E-state index is 13.1. The third-order valence-electron chi connectivity index (χ3n) is 3.50. The van der Waals surface area contributed by atoms with Gasteiger partial charge < -0.3 is 5.73 Å². The number of nitrogen functional groups attached to an aromatic ring is 1. The molecule has 0 bridgehead atoms. The number of nitrogens with two attached hydrogens (primary N) is 1. The Balaban J connectivity index is 2.09. The lowest BCUT2D eigenvalue weighted by Crippen LogP contribution is -2.22. The molecule has 0 saturated heterocycles. The minimum absolute atomic E-state index is 0.176. The molecule has 0 fully saturated rings. The zero-order valence-corrected chi connectivity index (χ0v) is 12.1. The van der Waals surface area contributed by atoms with Crippen LogP contribution in [0.1, 0.15) is 23.6 Å². The molecule has 2 aromatic carbocycles. The van der Waals surface area contributed by atoms with Crippen LogP contribution in [0.25, 0.3) is 0 Å². The zero-order valence-electron chi connectivity index (χ0n) is 12.1. The average molecular weight is 272 g/mol. The Morgan fingerprint density at radius 2 is 1.90 bits per heavy atom. The van der Waals surface area contributed by atoms with Crippen LogP contribution in [0, 0.1) is 12.7 Å². The third-order valence-corrected chi connectivity index (χ3v) is 3.50. The highest BCUT2D eigenvalue weighted by Gasteiger charge is 2.08. The smallest absolute Gasteiger partial charge is 0.123 e. The highest BCUT2D eigenvalue weighted by molar-refractivity contribution is 5.40. The lowest BCUT2D eigenvalue weighted by molar-refractivity contribution is 0.271. The molecule has 3 heteroatoms. The first kappa shape index (κ1) is 14.5. The summed E-state index contributed by atoms with van der Waals surface area (Å²) >= 11 is 0. The van der Waals surface area contributed by atoms with Gasteiger partial charge in [0.2, 0.25) is 0 Å². The fraction of sp³-hybridized carbons (Fsp3) is 0.294. The van der Waals surface area contributed by atoms with Gasteiger partial charge in [-0.15, -0.1) is 0 Å². The van der Waals surface area contributed by atoms with Crippen LogP contribution in [0.3, 0.4) is 0 Å². The van der Waals surface area contributed by atoms with Crippen LogP contribution < -0.4 is 5.73 Å². The highest BCUT2D eigenvalue weighted by Crippen LogP contribution is 2.15. The lowest BCUT2D eigenvalue weighted by Gasteiger charge is -2.22. The summed E-state index contributed by atoms with van der Waals surface area (Å²) in [5.41, 5.74) is 9.96. The van der Waals surface area contributed by atoms with Crippen molar-refractivity contribution < 1.29 is 4.39 Å². The Bertz CT molecular complexity index is 581. The normalized spacial score (nSPS) is 11.0. The second-order valence-electron chi connectivity index (χ2n) is 5.12. The molecule has 0 saturated carbocycles. The van der Waals surface area contributed by atoms with Crippen molar-refractivity contribution in [2.45, 2.75) is 26.9 Å². The molecular formula is C17H21FN2. The first-order valence-corrected chi connectivity index (χ1v) is 6.90. The molecule has 106 valence electrons. The summed E-state index contributed by atoms with van der Waals surface area (Å²) in [6.07, 6.45) is 0. The van der Waals surface area contributed by atoms with Crippen molar-refractivity contribution in [3.63, 3.8) is 0 Å². The van der Waals surface area contributed by atoms with Gasteiger partial charge >= 0.3 is 0 Å². The Morgan fingerprint density at radius 1 is 1.10 bits per heavy atom. The van der Waals surface area contributed by atoms with Crippen molar-refractivity contribution in [3.8, 4) is 0 Å². The van der Waals surface area contributed by atoms with E-state index in [1.807, 2.05) is 31.2 Å². The monoisotopic (exact) mass is 272 g/mol. The van der Waals surface area contributed by atoms with Crippen molar-refractivity contribution in [1.29, 1.82) is 0 Å². The minimum Gasteiger partial charge on any atom is -0.399 e. The van der Waals surface area contributed by atoms with Gasteiger partial charge in [0.25, 0.3) is 0 Å². The van der Waals surface area contributed by atoms with Gasteiger partial charge in [0.1, 0.15) is 5.82 Å². The standard InChI is InChI=1S/C17H21FN2/c1-3-20(11-14-5-4-6-17(19)10-14)12-15-7-8-16(18)9-13(15)2/h4-10H,3,11-12,19H2,1-2H3. The molecule has 2 nitrogen and oxygen atoms in total. The van der Waals surface area contributed by atoms with Gasteiger partial charge in [-0.05, 0) is 54.4 Å². The molecule has 0 atom stereocenters. The van der Waals surface area contributed by atoms with Gasteiger partial charge in [0, 0.05) is 18.8 Å². The van der Waals surface area contributed by atoms with Crippen LogP contribution in [0.5, 0.6) is 0 Å². The van der Waals surface area contributed by atoms with E-state index in [-0.39, 0.29) is 5.82 Å². The summed E-state index contributed by atoms with van der Waals surface area (Å²) in [6.45, 7) is 6.68. The Labute approximate surface area is 120 Å². The van der Waals surface area contributed by atoms with Gasteiger partial charge in [-0.2, -0.15) is 0 Å². The Kier molecular flexibility index (Phi) is 4.74. The summed E-state index contributed by atoms with van der Waals surface area (Å²) < 4.78 is 13.1. The molecule has 0 heterocycles. The molecular weight excluding hydrogens is 251 g/mol. The van der Waals surface area contributed by atoms with Crippen molar-refractivity contribution >= 4 is 5.69 Å². The Hall–Kier alpha value is -1.87. The second-order valence-corrected chi connectivity index (χ2v) is 5.12. The van der Waals surface area contributed by atoms with Crippen molar-refractivity contribution in [1.82, 2.24) is 4.90 Å². The first-order chi connectivity index (χ1) is 9.58. The maximum Gasteiger partial charge on any atom is 0.123 e. The van der Waals surface area contributed by atoms with Crippen LogP contribution >= 0.6 is 0 Å². The topological polar surface area (TPSA) is 29.3 Å². The molecule has 0 aliphatic heterocycles. The van der Waals surface area contributed by atoms with Gasteiger partial charge in [-0.3, -0.25) is 4.90 Å². The van der Waals surface area contributed by atoms with E-state index in [2.05, 4.69) is 17.9 Å². The fourth-order valence-electron chi connectivity index (χ4n) is 2.31. The fourth-order valence-corrected chi connectivity index (χ4v) is 2.31. The van der Waals surface area contributed by atoms with Gasteiger partial charge in [0.15, 0.2) is 0 Å². The van der Waals surface area contributed by atoms with E-state index in [0.717, 1.165) is 36.4 Å². The summed E-state index contributed by atoms with van der Waals surface area (Å²) in [6, 6.07) is 12.9. The molecule has 2 N–H and O–H groups in total. The van der Waals surface area contributed by atoms with E-state index in [4.69, 9.17) is 5.73 Å². The van der Waals surface area contributed by atoms with E-state index in [9.17, 15) is 4.39 Å². The molecule has 20 heavy (non-hydrogen) atoms. The number of hydrogen-bond donors (Lipinski definition) is 1. The quantitative estimate of drug-likeness (QED) is 0.840. The number of nitrogens with zero attached hydrogens (tertiary/aromatic N) is 1. The number of rotatable bonds is 5. The van der Waals surface area contributed by atoms with E-state index in [1.165, 1.54) is 11.6 Å². The van der Waals surface area contributed by atoms with E-state index in [0.29, 0.717) is 0 Å². The van der Waals surface area contributed by atoms with Crippen LogP contribution in [-0.2, 0) is 13.1 Å². The van der Waals surface area contributed by atoms with Crippen LogP contribution in [0.4, 0.5) is 10.1 Å². The number of hydrogen-bond acceptors (Lipinski definition) is 2. The molecule has 0 unspecified atom stereocenters. The molecule has 0 spiro atoms. The molecule has 0 amide bonds. The number of anilines is 1. The molecule has 2 rings (SSSR count). The third kappa shape index (κ3) is 3.81. The van der Waals surface area contributed by atoms with Crippen molar-refractivity contribution in [2.75, 3.05) is 12.3 Å². The van der Waals surface area contributed by atoms with E-state index in [1.54, 1.807) is 6.07 Å². The predicted octanol–water partition coefficient (Wildman–Crippen LogP) is 3.74. The molecule has 0 radical (unpaired) electrons. The van der Waals surface area contributed by atoms with E-state index >= 15 is 0 Å². The molecule has 2 aromatic rings. The van der Waals surface area contributed by atoms with Crippen LogP contribution in [-0.4, -0.2) is 11.4 Å². The minimum atomic E-state index is -0.176. The summed E-state index contributed by atoms with van der Waals surface area (Å²) in [5, 5.41) is 0. The number of benzene rings is 2. The van der Waals surface area contributed by atoms with Crippen molar-refractivity contribution in [2.24, 2.45) is 0 Å². The van der Waals surface area contributed by atoms with Gasteiger partial charge in [0.05, 0.1) is 0 Å². The number of aryl methyl sites for hydroxylation is 1. The predicted molar refractivity (Wildman–Crippen MR) is 81.8 cm³/mol. The van der Waals surface area contributed by atoms with Crippen LogP contribution in [0.15, 0.2) is 42.5 Å². The second kappa shape index (κ2) is 6.53. The SMILES string of the molecule is CCN(Cc1cccc(N)c1)Cc1ccc(F)cc1C. The molecule has 0 aliphatic rings. The summed E-state index contributed by atoms with van der Waals surface area (Å²) in [5.74, 6) is -0.176. The largest absolute Gasteiger partial charge is 0.399 e. The molecule has 0 aliphatic carbocycles. The number of halogens is 1. The van der Waals surface area contributed by atoms with Gasteiger partial charge in [-0.1, -0.05) is 25.1 Å². The van der Waals surface area contributed by atoms with Gasteiger partial charge in [-0.25, -0.2) is 4.39 Å². The van der Waals surface area contributed by atoms with Crippen molar-refractivity contribution in [3.05, 3.63) is 65.0 Å².